The van der Waals surface area contributed by atoms with Gasteiger partial charge in [-0.25, -0.2) is 4.98 Å². The van der Waals surface area contributed by atoms with Crippen LogP contribution in [0, 0.1) is 0 Å². The molecule has 1 aromatic heterocycles. The van der Waals surface area contributed by atoms with Crippen LogP contribution in [-0.4, -0.2) is 40.0 Å². The van der Waals surface area contributed by atoms with E-state index in [-0.39, 0.29) is 30.7 Å². The van der Waals surface area contributed by atoms with Crippen LogP contribution >= 0.6 is 24.8 Å². The predicted molar refractivity (Wildman–Crippen MR) is 109 cm³/mol. The van der Waals surface area contributed by atoms with Crippen molar-refractivity contribution in [2.75, 3.05) is 19.6 Å². The van der Waals surface area contributed by atoms with Crippen LogP contribution in [0.15, 0.2) is 36.7 Å². The molecule has 26 heavy (non-hydrogen) atoms. The molecule has 0 aliphatic carbocycles. The van der Waals surface area contributed by atoms with Crippen molar-refractivity contribution in [2.45, 2.75) is 32.2 Å². The Morgan fingerprint density at radius 3 is 2.73 bits per heavy atom. The molecule has 1 unspecified atom stereocenters. The maximum absolute atomic E-state index is 13.2. The highest BCUT2D eigenvalue weighted by Gasteiger charge is 2.25. The third-order valence-corrected chi connectivity index (χ3v) is 4.73. The van der Waals surface area contributed by atoms with Gasteiger partial charge in [0.05, 0.1) is 6.54 Å². The number of imidazole rings is 1. The first-order chi connectivity index (χ1) is 11.7. The number of carbonyl (C=O) groups is 1. The number of aromatic nitrogens is 2. The summed E-state index contributed by atoms with van der Waals surface area (Å²) in [6, 6.07) is 8.07. The number of hydrogen-bond donors (Lipinski definition) is 1. The molecule has 1 atom stereocenters. The highest BCUT2D eigenvalue weighted by atomic mass is 35.5. The van der Waals surface area contributed by atoms with Gasteiger partial charge in [-0.3, -0.25) is 4.79 Å². The van der Waals surface area contributed by atoms with Crippen LogP contribution < -0.4 is 5.32 Å². The Kier molecular flexibility index (Phi) is 9.13. The van der Waals surface area contributed by atoms with Crippen LogP contribution in [0.5, 0.6) is 0 Å². The van der Waals surface area contributed by atoms with E-state index in [1.807, 2.05) is 40.9 Å². The van der Waals surface area contributed by atoms with Crippen molar-refractivity contribution in [2.24, 2.45) is 7.05 Å². The van der Waals surface area contributed by atoms with Crippen molar-refractivity contribution in [3.05, 3.63) is 53.6 Å². The highest BCUT2D eigenvalue weighted by Crippen LogP contribution is 2.26. The third kappa shape index (κ3) is 5.00. The van der Waals surface area contributed by atoms with Gasteiger partial charge in [0, 0.05) is 38.1 Å². The molecule has 0 bridgehead atoms. The van der Waals surface area contributed by atoms with E-state index in [9.17, 15) is 4.79 Å². The van der Waals surface area contributed by atoms with Crippen molar-refractivity contribution in [1.29, 1.82) is 0 Å². The van der Waals surface area contributed by atoms with Gasteiger partial charge in [-0.1, -0.05) is 25.1 Å². The van der Waals surface area contributed by atoms with E-state index < -0.39 is 0 Å². The SMILES string of the molecule is CCCN(Cc1nccn1C)C(=O)c1ccccc1C1CCNC1.Cl.Cl. The summed E-state index contributed by atoms with van der Waals surface area (Å²) in [4.78, 5) is 19.5. The standard InChI is InChI=1S/C19H26N4O.2ClH/c1-3-11-23(14-18-21-10-12-22(18)2)19(24)17-7-5-4-6-16(17)15-8-9-20-13-15;;/h4-7,10,12,15,20H,3,8-9,11,13-14H2,1-2H3;2*1H. The third-order valence-electron chi connectivity index (χ3n) is 4.73. The number of nitrogens with zero attached hydrogens (tertiary/aromatic N) is 3. The Labute approximate surface area is 168 Å². The number of rotatable bonds is 6. The summed E-state index contributed by atoms with van der Waals surface area (Å²) in [5.41, 5.74) is 2.02. The number of nitrogens with one attached hydrogen (secondary N) is 1. The largest absolute Gasteiger partial charge is 0.337 e. The lowest BCUT2D eigenvalue weighted by molar-refractivity contribution is 0.0736. The molecule has 144 valence electrons. The molecule has 5 nitrogen and oxygen atoms in total. The first-order valence-electron chi connectivity index (χ1n) is 8.75. The normalized spacial score (nSPS) is 15.8. The van der Waals surface area contributed by atoms with E-state index in [0.717, 1.165) is 43.9 Å². The van der Waals surface area contributed by atoms with E-state index in [4.69, 9.17) is 0 Å². The van der Waals surface area contributed by atoms with E-state index in [0.29, 0.717) is 12.5 Å². The second-order valence-corrected chi connectivity index (χ2v) is 6.46. The minimum absolute atomic E-state index is 0. The summed E-state index contributed by atoms with van der Waals surface area (Å²) in [6.07, 6.45) is 5.73. The Morgan fingerprint density at radius 1 is 1.35 bits per heavy atom. The van der Waals surface area contributed by atoms with Crippen molar-refractivity contribution < 1.29 is 4.79 Å². The number of amides is 1. The highest BCUT2D eigenvalue weighted by molar-refractivity contribution is 5.96. The number of aryl methyl sites for hydroxylation is 1. The molecule has 1 aromatic carbocycles. The molecular weight excluding hydrogens is 371 g/mol. The van der Waals surface area contributed by atoms with E-state index in [1.54, 1.807) is 6.20 Å². The molecule has 1 N–H and O–H groups in total. The molecule has 1 fully saturated rings. The maximum Gasteiger partial charge on any atom is 0.254 e. The number of hydrogen-bond acceptors (Lipinski definition) is 3. The van der Waals surface area contributed by atoms with Crippen LogP contribution in [0.25, 0.3) is 0 Å². The molecule has 0 spiro atoms. The minimum Gasteiger partial charge on any atom is -0.337 e. The number of carbonyl (C=O) groups excluding carboxylic acids is 1. The maximum atomic E-state index is 13.2. The monoisotopic (exact) mass is 398 g/mol. The average molecular weight is 399 g/mol. The van der Waals surface area contributed by atoms with Gasteiger partial charge in [0.1, 0.15) is 5.82 Å². The molecule has 2 heterocycles. The van der Waals surface area contributed by atoms with Gasteiger partial charge in [-0.2, -0.15) is 0 Å². The first kappa shape index (κ1) is 22.5. The lowest BCUT2D eigenvalue weighted by Gasteiger charge is -2.24. The lowest BCUT2D eigenvalue weighted by Crippen LogP contribution is -2.33. The van der Waals surface area contributed by atoms with Crippen LogP contribution in [0.4, 0.5) is 0 Å². The summed E-state index contributed by atoms with van der Waals surface area (Å²) in [5, 5.41) is 3.40. The van der Waals surface area contributed by atoms with E-state index in [1.165, 1.54) is 5.56 Å². The average Bonchev–Trinajstić information content (AvgIpc) is 3.26. The van der Waals surface area contributed by atoms with Gasteiger partial charge >= 0.3 is 0 Å². The topological polar surface area (TPSA) is 50.2 Å². The molecule has 1 saturated heterocycles. The van der Waals surface area contributed by atoms with Gasteiger partial charge in [0.25, 0.3) is 5.91 Å². The Balaban J connectivity index is 0.00000169. The predicted octanol–water partition coefficient (Wildman–Crippen LogP) is 3.39. The zero-order valence-corrected chi connectivity index (χ0v) is 17.0. The Hall–Kier alpha value is -1.56. The molecule has 0 saturated carbocycles. The quantitative estimate of drug-likeness (QED) is 0.810. The summed E-state index contributed by atoms with van der Waals surface area (Å²) < 4.78 is 1.97. The fourth-order valence-electron chi connectivity index (χ4n) is 3.38. The zero-order valence-electron chi connectivity index (χ0n) is 15.4. The van der Waals surface area contributed by atoms with Crippen molar-refractivity contribution >= 4 is 30.7 Å². The Morgan fingerprint density at radius 2 is 2.12 bits per heavy atom. The number of halogens is 2. The van der Waals surface area contributed by atoms with Crippen LogP contribution in [0.1, 0.15) is 47.4 Å². The zero-order chi connectivity index (χ0) is 16.9. The van der Waals surface area contributed by atoms with Crippen molar-refractivity contribution in [3.8, 4) is 0 Å². The molecule has 1 aliphatic rings. The van der Waals surface area contributed by atoms with E-state index >= 15 is 0 Å². The smallest absolute Gasteiger partial charge is 0.254 e. The second-order valence-electron chi connectivity index (χ2n) is 6.46. The molecule has 3 rings (SSSR count). The molecule has 0 radical (unpaired) electrons. The van der Waals surface area contributed by atoms with Crippen LogP contribution in [0.2, 0.25) is 0 Å². The van der Waals surface area contributed by atoms with Crippen molar-refractivity contribution in [1.82, 2.24) is 19.8 Å². The lowest BCUT2D eigenvalue weighted by atomic mass is 9.93. The molecule has 1 amide bonds. The molecule has 1 aliphatic heterocycles. The van der Waals surface area contributed by atoms with Gasteiger partial charge in [0.2, 0.25) is 0 Å². The summed E-state index contributed by atoms with van der Waals surface area (Å²) >= 11 is 0. The van der Waals surface area contributed by atoms with Crippen LogP contribution in [-0.2, 0) is 13.6 Å². The van der Waals surface area contributed by atoms with Gasteiger partial charge < -0.3 is 14.8 Å². The summed E-state index contributed by atoms with van der Waals surface area (Å²) in [6.45, 7) is 5.37. The van der Waals surface area contributed by atoms with Gasteiger partial charge in [-0.15, -0.1) is 24.8 Å². The summed E-state index contributed by atoms with van der Waals surface area (Å²) in [7, 11) is 1.97. The summed E-state index contributed by atoms with van der Waals surface area (Å²) in [5.74, 6) is 1.46. The van der Waals surface area contributed by atoms with Crippen molar-refractivity contribution in [3.63, 3.8) is 0 Å². The Bertz CT molecular complexity index is 698. The molecule has 7 heteroatoms. The second kappa shape index (κ2) is 10.6. The van der Waals surface area contributed by atoms with E-state index in [2.05, 4.69) is 23.3 Å². The van der Waals surface area contributed by atoms with Crippen LogP contribution in [0.3, 0.4) is 0 Å². The number of benzene rings is 1. The van der Waals surface area contributed by atoms with Gasteiger partial charge in [0.15, 0.2) is 0 Å². The fraction of sp³-hybridized carbons (Fsp3) is 0.474. The molecular formula is C19H28Cl2N4O. The first-order valence-corrected chi connectivity index (χ1v) is 8.75. The fourth-order valence-corrected chi connectivity index (χ4v) is 3.38. The minimum atomic E-state index is 0. The molecule has 2 aromatic rings. The van der Waals surface area contributed by atoms with Gasteiger partial charge in [-0.05, 0) is 36.9 Å².